The molecule has 0 unspecified atom stereocenters. The van der Waals surface area contributed by atoms with Gasteiger partial charge in [0.25, 0.3) is 0 Å². The maximum absolute atomic E-state index is 8.06. The Balaban J connectivity index is -0.0000000450. The Morgan fingerprint density at radius 3 is 1.17 bits per heavy atom. The minimum absolute atomic E-state index is 0. The van der Waals surface area contributed by atoms with E-state index in [9.17, 15) is 0 Å². The van der Waals surface area contributed by atoms with Crippen LogP contribution in [0.4, 0.5) is 0 Å². The number of rotatable bonds is 0. The molecule has 0 bridgehead atoms. The van der Waals surface area contributed by atoms with Crippen LogP contribution in [0.1, 0.15) is 13.8 Å². The highest BCUT2D eigenvalue weighted by atomic mass is 127. The van der Waals surface area contributed by atoms with Crippen molar-refractivity contribution in [3.8, 4) is 0 Å². The average Bonchev–Trinajstić information content (AvgIpc) is 0.811. The molecule has 1 N–H and O–H groups in total. The number of hydrogen-bond donors (Lipinski definition) is 1. The number of aliphatic hydroxyl groups excluding tert-OH is 1. The molecule has 0 rings (SSSR count). The average molecular weight is 316 g/mol. The second-order valence-corrected chi connectivity index (χ2v) is 1.09. The molecule has 42 valence electrons. The molecule has 0 aromatic heterocycles. The Morgan fingerprint density at radius 1 is 1.17 bits per heavy atom. The minimum Gasteiger partial charge on any atom is -0.394 e. The molecular formula is C3H10I2O. The number of aliphatic hydroxyl groups is 1. The first kappa shape index (κ1) is 15.7. The van der Waals surface area contributed by atoms with Crippen LogP contribution >= 0.6 is 48.0 Å². The first-order chi connectivity index (χ1) is 1.73. The van der Waals surface area contributed by atoms with Crippen LogP contribution in [0.2, 0.25) is 0 Å². The minimum atomic E-state index is -0.167. The van der Waals surface area contributed by atoms with Gasteiger partial charge in [-0.1, -0.05) is 0 Å². The second-order valence-electron chi connectivity index (χ2n) is 1.09. The molecule has 0 atom stereocenters. The summed E-state index contributed by atoms with van der Waals surface area (Å²) >= 11 is 0. The van der Waals surface area contributed by atoms with E-state index in [1.54, 1.807) is 13.8 Å². The lowest BCUT2D eigenvalue weighted by molar-refractivity contribution is 0.216. The molecule has 0 aromatic rings. The van der Waals surface area contributed by atoms with E-state index in [4.69, 9.17) is 5.11 Å². The van der Waals surface area contributed by atoms with Gasteiger partial charge < -0.3 is 5.11 Å². The highest BCUT2D eigenvalue weighted by molar-refractivity contribution is 14.0. The van der Waals surface area contributed by atoms with Gasteiger partial charge in [0.2, 0.25) is 0 Å². The van der Waals surface area contributed by atoms with Crippen molar-refractivity contribution in [1.29, 1.82) is 0 Å². The zero-order valence-electron chi connectivity index (χ0n) is 3.84. The van der Waals surface area contributed by atoms with Crippen LogP contribution in [-0.2, 0) is 0 Å². The van der Waals surface area contributed by atoms with E-state index in [1.807, 2.05) is 0 Å². The predicted molar refractivity (Wildman–Crippen MR) is 48.2 cm³/mol. The van der Waals surface area contributed by atoms with E-state index in [0.717, 1.165) is 0 Å². The van der Waals surface area contributed by atoms with Crippen LogP contribution < -0.4 is 0 Å². The quantitative estimate of drug-likeness (QED) is 0.674. The van der Waals surface area contributed by atoms with Crippen molar-refractivity contribution < 1.29 is 5.11 Å². The summed E-state index contributed by atoms with van der Waals surface area (Å²) in [5.41, 5.74) is 0. The van der Waals surface area contributed by atoms with Gasteiger partial charge in [-0.25, -0.2) is 0 Å². The van der Waals surface area contributed by atoms with Gasteiger partial charge in [0.05, 0.1) is 0 Å². The van der Waals surface area contributed by atoms with Crippen molar-refractivity contribution in [2.24, 2.45) is 0 Å². The molecule has 0 radical (unpaired) electrons. The third-order valence-corrected chi connectivity index (χ3v) is 0. The van der Waals surface area contributed by atoms with Crippen LogP contribution in [0.25, 0.3) is 0 Å². The lowest BCUT2D eigenvalue weighted by Gasteiger charge is -1.80. The van der Waals surface area contributed by atoms with Crippen molar-refractivity contribution >= 4 is 48.0 Å². The maximum Gasteiger partial charge on any atom is 0.0483 e. The molecule has 1 nitrogen and oxygen atoms in total. The molecule has 0 saturated carbocycles. The molecule has 3 heteroatoms. The number of halogens is 2. The molecule has 6 heavy (non-hydrogen) atoms. The van der Waals surface area contributed by atoms with Crippen molar-refractivity contribution in [3.63, 3.8) is 0 Å². The normalized spacial score (nSPS) is 6.00. The van der Waals surface area contributed by atoms with Crippen molar-refractivity contribution in [3.05, 3.63) is 0 Å². The van der Waals surface area contributed by atoms with Crippen LogP contribution in [0, 0.1) is 0 Å². The van der Waals surface area contributed by atoms with Crippen molar-refractivity contribution in [2.45, 2.75) is 20.0 Å². The summed E-state index contributed by atoms with van der Waals surface area (Å²) in [6, 6.07) is 0. The molecule has 0 saturated heterocycles. The Morgan fingerprint density at radius 2 is 1.17 bits per heavy atom. The summed E-state index contributed by atoms with van der Waals surface area (Å²) in [6.45, 7) is 3.44. The van der Waals surface area contributed by atoms with Crippen LogP contribution in [0.3, 0.4) is 0 Å². The van der Waals surface area contributed by atoms with Gasteiger partial charge in [0, 0.05) is 6.10 Å². The molecule has 0 fully saturated rings. The van der Waals surface area contributed by atoms with Crippen molar-refractivity contribution in [1.82, 2.24) is 0 Å². The largest absolute Gasteiger partial charge is 0.394 e. The van der Waals surface area contributed by atoms with Crippen LogP contribution in [0.5, 0.6) is 0 Å². The summed E-state index contributed by atoms with van der Waals surface area (Å²) < 4.78 is 0. The maximum atomic E-state index is 8.06. The van der Waals surface area contributed by atoms with Gasteiger partial charge in [-0.3, -0.25) is 0 Å². The third kappa shape index (κ3) is 52.5. The zero-order valence-corrected chi connectivity index (χ0v) is 8.50. The topological polar surface area (TPSA) is 20.2 Å². The monoisotopic (exact) mass is 316 g/mol. The predicted octanol–water partition coefficient (Wildman–Crippen LogP) is 1.62. The van der Waals surface area contributed by atoms with E-state index in [1.165, 1.54) is 0 Å². The Hall–Kier alpha value is 1.42. The van der Waals surface area contributed by atoms with Crippen LogP contribution in [-0.4, -0.2) is 11.2 Å². The smallest absolute Gasteiger partial charge is 0.0483 e. The molecule has 0 aliphatic carbocycles. The summed E-state index contributed by atoms with van der Waals surface area (Å²) in [5.74, 6) is 0. The summed E-state index contributed by atoms with van der Waals surface area (Å²) in [6.07, 6.45) is -0.167. The fraction of sp³-hybridized carbons (Fsp3) is 1.00. The van der Waals surface area contributed by atoms with Gasteiger partial charge in [0.1, 0.15) is 0 Å². The van der Waals surface area contributed by atoms with Crippen LogP contribution in [0.15, 0.2) is 0 Å². The van der Waals surface area contributed by atoms with E-state index in [0.29, 0.717) is 0 Å². The Bertz CT molecular complexity index is 13.5. The van der Waals surface area contributed by atoms with Gasteiger partial charge in [-0.15, -0.1) is 48.0 Å². The summed E-state index contributed by atoms with van der Waals surface area (Å²) in [7, 11) is 0. The lowest BCUT2D eigenvalue weighted by atomic mass is 10.5. The van der Waals surface area contributed by atoms with E-state index in [-0.39, 0.29) is 54.1 Å². The van der Waals surface area contributed by atoms with E-state index >= 15 is 0 Å². The first-order valence-electron chi connectivity index (χ1n) is 1.41. The van der Waals surface area contributed by atoms with E-state index in [2.05, 4.69) is 0 Å². The van der Waals surface area contributed by atoms with E-state index < -0.39 is 0 Å². The Kier molecular flexibility index (Phi) is 25.2. The fourth-order valence-electron chi connectivity index (χ4n) is 0. The highest BCUT2D eigenvalue weighted by Crippen LogP contribution is 1.65. The molecule has 0 amide bonds. The molecule has 0 aliphatic rings. The Labute approximate surface area is 72.6 Å². The zero-order chi connectivity index (χ0) is 3.58. The highest BCUT2D eigenvalue weighted by Gasteiger charge is 1.69. The molecule has 0 spiro atoms. The number of hydrogen-bond acceptors (Lipinski definition) is 1. The standard InChI is InChI=1S/C3H8O.2HI/c1-3(2)4;;/h3-4H,1-2H3;2*1H. The second kappa shape index (κ2) is 9.65. The van der Waals surface area contributed by atoms with Gasteiger partial charge >= 0.3 is 0 Å². The fourth-order valence-corrected chi connectivity index (χ4v) is 0. The SMILES string of the molecule is CC(C)O.I.I. The third-order valence-electron chi connectivity index (χ3n) is 0. The summed E-state index contributed by atoms with van der Waals surface area (Å²) in [5, 5.41) is 8.06. The molecule has 0 aromatic carbocycles. The summed E-state index contributed by atoms with van der Waals surface area (Å²) in [4.78, 5) is 0. The first-order valence-corrected chi connectivity index (χ1v) is 1.41. The van der Waals surface area contributed by atoms with Crippen molar-refractivity contribution in [2.75, 3.05) is 0 Å². The molecular weight excluding hydrogens is 306 g/mol. The van der Waals surface area contributed by atoms with Gasteiger partial charge in [-0.2, -0.15) is 0 Å². The van der Waals surface area contributed by atoms with Gasteiger partial charge in [0.15, 0.2) is 0 Å². The lowest BCUT2D eigenvalue weighted by Crippen LogP contribution is -1.85. The van der Waals surface area contributed by atoms with Gasteiger partial charge in [-0.05, 0) is 13.8 Å². The molecule has 0 aliphatic heterocycles. The molecule has 0 heterocycles.